The quantitative estimate of drug-likeness (QED) is 0.665. The number of rotatable bonds is 5. The molecule has 0 bridgehead atoms. The lowest BCUT2D eigenvalue weighted by Gasteiger charge is -2.15. The van der Waals surface area contributed by atoms with Crippen molar-refractivity contribution in [2.45, 2.75) is 19.6 Å². The Labute approximate surface area is 154 Å². The molecule has 3 rings (SSSR count). The highest BCUT2D eigenvalue weighted by Crippen LogP contribution is 2.33. The first-order valence-corrected chi connectivity index (χ1v) is 8.32. The van der Waals surface area contributed by atoms with Gasteiger partial charge < -0.3 is 14.2 Å². The molecule has 2 aromatic carbocycles. The van der Waals surface area contributed by atoms with Crippen molar-refractivity contribution in [1.82, 2.24) is 14.5 Å². The lowest BCUT2D eigenvalue weighted by molar-refractivity contribution is -0.137. The van der Waals surface area contributed by atoms with Gasteiger partial charge in [0, 0.05) is 19.7 Å². The molecule has 0 atom stereocenters. The Morgan fingerprint density at radius 1 is 1.19 bits per heavy atom. The van der Waals surface area contributed by atoms with Crippen LogP contribution in [0.1, 0.15) is 12.5 Å². The summed E-state index contributed by atoms with van der Waals surface area (Å²) < 4.78 is 45.8. The summed E-state index contributed by atoms with van der Waals surface area (Å²) in [4.78, 5) is 18.0. The number of alkyl halides is 3. The molecule has 0 fully saturated rings. The number of likely N-dealkylation sites (N-methyl/N-ethyl adjacent to an activating group) is 1. The molecular formula is C19H18F3N3O2. The molecule has 27 heavy (non-hydrogen) atoms. The number of imidazole rings is 1. The molecule has 0 unspecified atom stereocenters. The van der Waals surface area contributed by atoms with Crippen LogP contribution in [-0.4, -0.2) is 34.0 Å². The summed E-state index contributed by atoms with van der Waals surface area (Å²) >= 11 is 0. The van der Waals surface area contributed by atoms with Gasteiger partial charge in [-0.1, -0.05) is 6.07 Å². The van der Waals surface area contributed by atoms with E-state index in [1.165, 1.54) is 12.1 Å². The molecule has 1 heterocycles. The second-order valence-corrected chi connectivity index (χ2v) is 6.06. The number of amides is 1. The molecule has 0 aliphatic rings. The number of hydrogen-bond acceptors (Lipinski definition) is 3. The molecule has 0 aliphatic heterocycles. The first kappa shape index (κ1) is 18.8. The average molecular weight is 377 g/mol. The summed E-state index contributed by atoms with van der Waals surface area (Å²) in [6.07, 6.45) is -2.88. The lowest BCUT2D eigenvalue weighted by Crippen LogP contribution is -2.29. The number of aromatic nitrogens is 2. The minimum absolute atomic E-state index is 0.0685. The van der Waals surface area contributed by atoms with Crippen molar-refractivity contribution < 1.29 is 22.7 Å². The van der Waals surface area contributed by atoms with Crippen LogP contribution in [-0.2, 0) is 17.5 Å². The topological polar surface area (TPSA) is 47.4 Å². The number of fused-ring (bicyclic) bond motifs is 1. The van der Waals surface area contributed by atoms with E-state index < -0.39 is 11.7 Å². The Bertz CT molecular complexity index is 966. The van der Waals surface area contributed by atoms with Gasteiger partial charge in [-0.05, 0) is 37.3 Å². The second-order valence-electron chi connectivity index (χ2n) is 6.06. The highest BCUT2D eigenvalue weighted by molar-refractivity contribution is 5.81. The van der Waals surface area contributed by atoms with Gasteiger partial charge in [0.15, 0.2) is 0 Å². The average Bonchev–Trinajstić information content (AvgIpc) is 3.02. The number of nitrogens with zero attached hydrogens (tertiary/aromatic N) is 3. The number of carbonyl (C=O) groups is 1. The molecule has 0 aliphatic carbocycles. The molecule has 1 amide bonds. The van der Waals surface area contributed by atoms with Gasteiger partial charge in [-0.2, -0.15) is 13.2 Å². The molecule has 142 valence electrons. The van der Waals surface area contributed by atoms with Crippen molar-refractivity contribution in [1.29, 1.82) is 0 Å². The van der Waals surface area contributed by atoms with E-state index in [0.29, 0.717) is 23.3 Å². The molecule has 0 saturated carbocycles. The number of benzene rings is 2. The standard InChI is InChI=1S/C19H18F3N3O2/c1-3-24(2)18(26)11-25-12-23-16-8-7-15(10-17(16)25)27-14-6-4-5-13(9-14)19(20,21)22/h4-10,12H,3,11H2,1-2H3. The zero-order chi connectivity index (χ0) is 19.6. The van der Waals surface area contributed by atoms with Gasteiger partial charge in [0.25, 0.3) is 0 Å². The first-order chi connectivity index (χ1) is 12.8. The van der Waals surface area contributed by atoms with Crippen molar-refractivity contribution in [3.8, 4) is 11.5 Å². The van der Waals surface area contributed by atoms with Gasteiger partial charge in [-0.15, -0.1) is 0 Å². The van der Waals surface area contributed by atoms with Crippen molar-refractivity contribution >= 4 is 16.9 Å². The molecule has 8 heteroatoms. The van der Waals surface area contributed by atoms with Crippen molar-refractivity contribution in [3.05, 3.63) is 54.4 Å². The van der Waals surface area contributed by atoms with Gasteiger partial charge in [-0.25, -0.2) is 4.98 Å². The maximum absolute atomic E-state index is 12.8. The Morgan fingerprint density at radius 3 is 2.63 bits per heavy atom. The van der Waals surface area contributed by atoms with Gasteiger partial charge in [-0.3, -0.25) is 4.79 Å². The molecule has 5 nitrogen and oxygen atoms in total. The van der Waals surface area contributed by atoms with Crippen molar-refractivity contribution in [2.75, 3.05) is 13.6 Å². The fourth-order valence-electron chi connectivity index (χ4n) is 2.54. The van der Waals surface area contributed by atoms with Crippen molar-refractivity contribution in [3.63, 3.8) is 0 Å². The fraction of sp³-hybridized carbons (Fsp3) is 0.263. The monoisotopic (exact) mass is 377 g/mol. The van der Waals surface area contributed by atoms with Crippen LogP contribution in [0.2, 0.25) is 0 Å². The van der Waals surface area contributed by atoms with Gasteiger partial charge in [0.2, 0.25) is 5.91 Å². The van der Waals surface area contributed by atoms with E-state index in [2.05, 4.69) is 4.98 Å². The Morgan fingerprint density at radius 2 is 1.93 bits per heavy atom. The predicted octanol–water partition coefficient (Wildman–Crippen LogP) is 4.33. The van der Waals surface area contributed by atoms with E-state index in [-0.39, 0.29) is 18.2 Å². The summed E-state index contributed by atoms with van der Waals surface area (Å²) in [5, 5.41) is 0. The Balaban J connectivity index is 1.86. The predicted molar refractivity (Wildman–Crippen MR) is 94.6 cm³/mol. The van der Waals surface area contributed by atoms with E-state index in [1.807, 2.05) is 6.92 Å². The van der Waals surface area contributed by atoms with Crippen LogP contribution < -0.4 is 4.74 Å². The van der Waals surface area contributed by atoms with Gasteiger partial charge in [0.1, 0.15) is 18.0 Å². The van der Waals surface area contributed by atoms with Crippen LogP contribution in [0.5, 0.6) is 11.5 Å². The van der Waals surface area contributed by atoms with E-state index in [4.69, 9.17) is 4.74 Å². The maximum Gasteiger partial charge on any atom is 0.416 e. The SMILES string of the molecule is CCN(C)C(=O)Cn1cnc2ccc(Oc3cccc(C(F)(F)F)c3)cc21. The third-order valence-electron chi connectivity index (χ3n) is 4.20. The zero-order valence-electron chi connectivity index (χ0n) is 14.8. The number of hydrogen-bond donors (Lipinski definition) is 0. The summed E-state index contributed by atoms with van der Waals surface area (Å²) in [7, 11) is 1.71. The normalized spacial score (nSPS) is 11.6. The first-order valence-electron chi connectivity index (χ1n) is 8.32. The zero-order valence-corrected chi connectivity index (χ0v) is 14.8. The molecule has 0 N–H and O–H groups in total. The maximum atomic E-state index is 12.8. The molecule has 0 radical (unpaired) electrons. The van der Waals surface area contributed by atoms with Gasteiger partial charge >= 0.3 is 6.18 Å². The number of halogens is 3. The largest absolute Gasteiger partial charge is 0.457 e. The molecule has 1 aromatic heterocycles. The third kappa shape index (κ3) is 4.21. The Hall–Kier alpha value is -3.03. The molecule has 0 spiro atoms. The van der Waals surface area contributed by atoms with E-state index >= 15 is 0 Å². The van der Waals surface area contributed by atoms with Crippen LogP contribution in [0, 0.1) is 0 Å². The van der Waals surface area contributed by atoms with Gasteiger partial charge in [0.05, 0.1) is 22.9 Å². The van der Waals surface area contributed by atoms with E-state index in [1.54, 1.807) is 41.0 Å². The summed E-state index contributed by atoms with van der Waals surface area (Å²) in [5.41, 5.74) is 0.551. The highest BCUT2D eigenvalue weighted by Gasteiger charge is 2.30. The van der Waals surface area contributed by atoms with Crippen LogP contribution in [0.3, 0.4) is 0 Å². The molecule has 3 aromatic rings. The smallest absolute Gasteiger partial charge is 0.416 e. The fourth-order valence-corrected chi connectivity index (χ4v) is 2.54. The van der Waals surface area contributed by atoms with Crippen LogP contribution in [0.15, 0.2) is 48.8 Å². The third-order valence-corrected chi connectivity index (χ3v) is 4.20. The summed E-state index contributed by atoms with van der Waals surface area (Å²) in [6.45, 7) is 2.59. The Kier molecular flexibility index (Phi) is 5.07. The van der Waals surface area contributed by atoms with E-state index in [9.17, 15) is 18.0 Å². The molecular weight excluding hydrogens is 359 g/mol. The van der Waals surface area contributed by atoms with Crippen LogP contribution in [0.25, 0.3) is 11.0 Å². The highest BCUT2D eigenvalue weighted by atomic mass is 19.4. The number of carbonyl (C=O) groups excluding carboxylic acids is 1. The lowest BCUT2D eigenvalue weighted by atomic mass is 10.2. The minimum atomic E-state index is -4.44. The van der Waals surface area contributed by atoms with Crippen molar-refractivity contribution in [2.24, 2.45) is 0 Å². The second kappa shape index (κ2) is 7.30. The van der Waals surface area contributed by atoms with Crippen LogP contribution in [0.4, 0.5) is 13.2 Å². The summed E-state index contributed by atoms with van der Waals surface area (Å²) in [5.74, 6) is 0.373. The molecule has 0 saturated heterocycles. The number of ether oxygens (including phenoxy) is 1. The van der Waals surface area contributed by atoms with E-state index in [0.717, 1.165) is 12.1 Å². The summed E-state index contributed by atoms with van der Waals surface area (Å²) in [6, 6.07) is 9.66. The minimum Gasteiger partial charge on any atom is -0.457 e. The van der Waals surface area contributed by atoms with Crippen LogP contribution >= 0.6 is 0 Å².